The summed E-state index contributed by atoms with van der Waals surface area (Å²) in [7, 11) is 4.69. The Kier molecular flexibility index (Phi) is 7.24. The van der Waals surface area contributed by atoms with Crippen molar-refractivity contribution in [2.75, 3.05) is 32.8 Å². The zero-order valence-electron chi connectivity index (χ0n) is 17.5. The molecule has 0 aliphatic carbocycles. The molecule has 0 N–H and O–H groups in total. The van der Waals surface area contributed by atoms with Crippen molar-refractivity contribution in [3.63, 3.8) is 0 Å². The first kappa shape index (κ1) is 21.6. The monoisotopic (exact) mass is 427 g/mol. The highest BCUT2D eigenvalue weighted by Crippen LogP contribution is 2.42. The molecular weight excluding hydrogens is 402 g/mol. The van der Waals surface area contributed by atoms with Crippen LogP contribution in [0.5, 0.6) is 17.2 Å². The first-order chi connectivity index (χ1) is 14.6. The van der Waals surface area contributed by atoms with E-state index < -0.39 is 0 Å². The quantitative estimate of drug-likeness (QED) is 0.509. The minimum atomic E-state index is 0.0222. The van der Waals surface area contributed by atoms with Gasteiger partial charge >= 0.3 is 0 Å². The highest BCUT2D eigenvalue weighted by molar-refractivity contribution is 7.18. The van der Waals surface area contributed by atoms with E-state index in [1.54, 1.807) is 26.2 Å². The second kappa shape index (κ2) is 10.1. The smallest absolute Gasteiger partial charge is 0.229 e. The third kappa shape index (κ3) is 4.71. The summed E-state index contributed by atoms with van der Waals surface area (Å²) >= 11 is 1.35. The van der Waals surface area contributed by atoms with E-state index in [0.717, 1.165) is 11.1 Å². The van der Waals surface area contributed by atoms with Gasteiger partial charge in [-0.05, 0) is 31.0 Å². The highest BCUT2D eigenvalue weighted by Gasteiger charge is 2.21. The van der Waals surface area contributed by atoms with Crippen molar-refractivity contribution in [3.05, 3.63) is 48.0 Å². The molecule has 0 aliphatic heterocycles. The number of anilines is 1. The topological polar surface area (TPSA) is 73.8 Å². The van der Waals surface area contributed by atoms with Gasteiger partial charge in [-0.25, -0.2) is 0 Å². The van der Waals surface area contributed by atoms with Crippen molar-refractivity contribution in [2.24, 2.45) is 0 Å². The Morgan fingerprint density at radius 2 is 1.67 bits per heavy atom. The molecule has 0 saturated heterocycles. The maximum atomic E-state index is 12.8. The number of carbonyl (C=O) groups excluding carboxylic acids is 1. The fraction of sp³-hybridized carbons (Fsp3) is 0.318. The zero-order valence-corrected chi connectivity index (χ0v) is 18.4. The third-order valence-corrected chi connectivity index (χ3v) is 5.64. The summed E-state index contributed by atoms with van der Waals surface area (Å²) in [4.78, 5) is 14.5. The van der Waals surface area contributed by atoms with Gasteiger partial charge in [0.2, 0.25) is 16.8 Å². The molecule has 7 nitrogen and oxygen atoms in total. The summed E-state index contributed by atoms with van der Waals surface area (Å²) in [5, 5.41) is 9.77. The van der Waals surface area contributed by atoms with Crippen LogP contribution < -0.4 is 19.1 Å². The Hall–Kier alpha value is -3.13. The van der Waals surface area contributed by atoms with Gasteiger partial charge in [0.15, 0.2) is 11.5 Å². The van der Waals surface area contributed by atoms with Gasteiger partial charge in [0, 0.05) is 18.5 Å². The standard InChI is InChI=1S/C22H25N3O4S/c1-5-25(19(26)12-11-15-9-7-6-8-10-15)22-24-23-21(30-22)16-13-17(27-2)20(29-4)18(14-16)28-3/h6-10,13-14H,5,11-12H2,1-4H3. The summed E-state index contributed by atoms with van der Waals surface area (Å²) in [5.74, 6) is 1.61. The lowest BCUT2D eigenvalue weighted by atomic mass is 10.1. The Morgan fingerprint density at radius 3 is 2.23 bits per heavy atom. The van der Waals surface area contributed by atoms with Crippen molar-refractivity contribution >= 4 is 22.4 Å². The Morgan fingerprint density at radius 1 is 1.00 bits per heavy atom. The summed E-state index contributed by atoms with van der Waals surface area (Å²) in [6.07, 6.45) is 1.10. The van der Waals surface area contributed by atoms with Crippen LogP contribution in [0.15, 0.2) is 42.5 Å². The lowest BCUT2D eigenvalue weighted by Gasteiger charge is -2.17. The van der Waals surface area contributed by atoms with Crippen molar-refractivity contribution in [1.29, 1.82) is 0 Å². The van der Waals surface area contributed by atoms with Gasteiger partial charge < -0.3 is 14.2 Å². The molecule has 0 spiro atoms. The first-order valence-electron chi connectivity index (χ1n) is 9.59. The fourth-order valence-corrected chi connectivity index (χ4v) is 4.01. The van der Waals surface area contributed by atoms with Crippen LogP contribution in [0.25, 0.3) is 10.6 Å². The van der Waals surface area contributed by atoms with E-state index in [1.807, 2.05) is 49.4 Å². The van der Waals surface area contributed by atoms with Crippen molar-refractivity contribution < 1.29 is 19.0 Å². The van der Waals surface area contributed by atoms with Crippen LogP contribution >= 0.6 is 11.3 Å². The molecule has 0 fully saturated rings. The number of carbonyl (C=O) groups is 1. The summed E-state index contributed by atoms with van der Waals surface area (Å²) < 4.78 is 16.2. The van der Waals surface area contributed by atoms with Crippen LogP contribution in [0.3, 0.4) is 0 Å². The van der Waals surface area contributed by atoms with E-state index in [-0.39, 0.29) is 5.91 Å². The van der Waals surface area contributed by atoms with Crippen molar-refractivity contribution in [3.8, 4) is 27.8 Å². The van der Waals surface area contributed by atoms with Gasteiger partial charge in [-0.3, -0.25) is 9.69 Å². The van der Waals surface area contributed by atoms with E-state index in [9.17, 15) is 4.79 Å². The maximum Gasteiger partial charge on any atom is 0.229 e. The molecule has 3 rings (SSSR count). The molecular formula is C22H25N3O4S. The number of nitrogens with zero attached hydrogens (tertiary/aromatic N) is 3. The van der Waals surface area contributed by atoms with E-state index in [0.29, 0.717) is 46.8 Å². The lowest BCUT2D eigenvalue weighted by molar-refractivity contribution is -0.118. The van der Waals surface area contributed by atoms with Crippen LogP contribution in [0, 0.1) is 0 Å². The molecule has 1 heterocycles. The van der Waals surface area contributed by atoms with Gasteiger partial charge in [-0.15, -0.1) is 10.2 Å². The third-order valence-electron chi connectivity index (χ3n) is 4.64. The molecule has 2 aromatic carbocycles. The molecule has 0 saturated carbocycles. The van der Waals surface area contributed by atoms with Gasteiger partial charge in [0.25, 0.3) is 0 Å². The molecule has 30 heavy (non-hydrogen) atoms. The Balaban J connectivity index is 1.81. The lowest BCUT2D eigenvalue weighted by Crippen LogP contribution is -2.30. The number of ether oxygens (including phenoxy) is 3. The van der Waals surface area contributed by atoms with Gasteiger partial charge in [0.05, 0.1) is 21.3 Å². The molecule has 0 radical (unpaired) electrons. The highest BCUT2D eigenvalue weighted by atomic mass is 32.1. The van der Waals surface area contributed by atoms with Gasteiger partial charge in [0.1, 0.15) is 5.01 Å². The molecule has 0 atom stereocenters. The summed E-state index contributed by atoms with van der Waals surface area (Å²) in [5.41, 5.74) is 1.92. The molecule has 8 heteroatoms. The van der Waals surface area contributed by atoms with Crippen LogP contribution in [0.2, 0.25) is 0 Å². The van der Waals surface area contributed by atoms with Crippen LogP contribution in [0.4, 0.5) is 5.13 Å². The van der Waals surface area contributed by atoms with E-state index in [2.05, 4.69) is 10.2 Å². The van der Waals surface area contributed by atoms with Gasteiger partial charge in [-0.2, -0.15) is 0 Å². The number of hydrogen-bond donors (Lipinski definition) is 0. The van der Waals surface area contributed by atoms with Crippen molar-refractivity contribution in [1.82, 2.24) is 10.2 Å². The Bertz CT molecular complexity index is 966. The summed E-state index contributed by atoms with van der Waals surface area (Å²) in [6, 6.07) is 13.6. The number of aromatic nitrogens is 2. The molecule has 0 bridgehead atoms. The average molecular weight is 428 g/mol. The number of benzene rings is 2. The molecule has 158 valence electrons. The second-order valence-corrected chi connectivity index (χ2v) is 7.38. The first-order valence-corrected chi connectivity index (χ1v) is 10.4. The normalized spacial score (nSPS) is 10.5. The molecule has 0 unspecified atom stereocenters. The zero-order chi connectivity index (χ0) is 21.5. The maximum absolute atomic E-state index is 12.8. The SMILES string of the molecule is CCN(C(=O)CCc1ccccc1)c1nnc(-c2cc(OC)c(OC)c(OC)c2)s1. The average Bonchev–Trinajstić information content (AvgIpc) is 3.27. The minimum Gasteiger partial charge on any atom is -0.493 e. The second-order valence-electron chi connectivity index (χ2n) is 6.43. The Labute approximate surface area is 180 Å². The fourth-order valence-electron chi connectivity index (χ4n) is 3.09. The number of rotatable bonds is 9. The van der Waals surface area contributed by atoms with E-state index in [1.165, 1.54) is 11.3 Å². The molecule has 0 aliphatic rings. The minimum absolute atomic E-state index is 0.0222. The number of hydrogen-bond acceptors (Lipinski definition) is 7. The predicted octanol–water partition coefficient (Wildman–Crippen LogP) is 4.22. The molecule has 3 aromatic rings. The van der Waals surface area contributed by atoms with Crippen LogP contribution in [0.1, 0.15) is 18.9 Å². The number of aryl methyl sites for hydroxylation is 1. The summed E-state index contributed by atoms with van der Waals surface area (Å²) in [6.45, 7) is 2.46. The van der Waals surface area contributed by atoms with E-state index in [4.69, 9.17) is 14.2 Å². The molecule has 1 amide bonds. The van der Waals surface area contributed by atoms with Crippen LogP contribution in [-0.2, 0) is 11.2 Å². The number of amides is 1. The van der Waals surface area contributed by atoms with Gasteiger partial charge in [-0.1, -0.05) is 41.7 Å². The van der Waals surface area contributed by atoms with Crippen molar-refractivity contribution in [2.45, 2.75) is 19.8 Å². The molecule has 1 aromatic heterocycles. The largest absolute Gasteiger partial charge is 0.493 e. The van der Waals surface area contributed by atoms with Crippen LogP contribution in [-0.4, -0.2) is 44.0 Å². The predicted molar refractivity (Wildman–Crippen MR) is 118 cm³/mol. The van der Waals surface area contributed by atoms with E-state index >= 15 is 0 Å². The number of methoxy groups -OCH3 is 3.